The number of hydrogen-bond donors (Lipinski definition) is 1. The third-order valence-corrected chi connectivity index (χ3v) is 9.49. The van der Waals surface area contributed by atoms with Crippen molar-refractivity contribution in [3.05, 3.63) is 180 Å². The van der Waals surface area contributed by atoms with Gasteiger partial charge in [0, 0.05) is 11.4 Å². The van der Waals surface area contributed by atoms with Crippen LogP contribution in [0.5, 0.6) is 17.5 Å². The van der Waals surface area contributed by atoms with E-state index in [1.807, 2.05) is 106 Å². The van der Waals surface area contributed by atoms with E-state index in [9.17, 15) is 19.5 Å². The predicted molar refractivity (Wildman–Crippen MR) is 224 cm³/mol. The fourth-order valence-electron chi connectivity index (χ4n) is 5.17. The molecule has 0 fully saturated rings. The lowest BCUT2D eigenvalue weighted by Crippen LogP contribution is -2.14. The highest BCUT2D eigenvalue weighted by atomic mass is 35.5. The Hall–Kier alpha value is -5.16. The van der Waals surface area contributed by atoms with Gasteiger partial charge in [-0.3, -0.25) is 4.79 Å². The van der Waals surface area contributed by atoms with Crippen LogP contribution < -0.4 is 14.2 Å². The molecule has 0 unspecified atom stereocenters. The molecule has 1 N–H and O–H groups in total. The summed E-state index contributed by atoms with van der Waals surface area (Å²) < 4.78 is 16.8. The summed E-state index contributed by atoms with van der Waals surface area (Å²) >= 11 is 27.9. The molecule has 6 rings (SSSR count). The summed E-state index contributed by atoms with van der Waals surface area (Å²) in [4.78, 5) is 43.3. The topological polar surface area (TPSA) is 125 Å². The summed E-state index contributed by atoms with van der Waals surface area (Å²) in [6, 6.07) is 33.2. The number of aryl methyl sites for hydroxylation is 4. The van der Waals surface area contributed by atoms with E-state index >= 15 is 0 Å². The number of para-hydroxylation sites is 1. The smallest absolute Gasteiger partial charge is 0.349 e. The van der Waals surface area contributed by atoms with E-state index in [1.165, 1.54) is 6.07 Å². The first kappa shape index (κ1) is 44.6. The van der Waals surface area contributed by atoms with Crippen LogP contribution in [0.3, 0.4) is 0 Å². The number of carbonyl (C=O) groups is 3. The molecule has 2 heterocycles. The van der Waals surface area contributed by atoms with E-state index in [0.29, 0.717) is 36.0 Å². The molecule has 0 saturated carbocycles. The Balaban J connectivity index is 0.000000200. The number of rotatable bonds is 10. The molecule has 9 nitrogen and oxygen atoms in total. The van der Waals surface area contributed by atoms with Crippen molar-refractivity contribution in [1.82, 2.24) is 9.97 Å². The first-order valence-corrected chi connectivity index (χ1v) is 18.9. The van der Waals surface area contributed by atoms with E-state index in [2.05, 4.69) is 9.97 Å². The highest BCUT2D eigenvalue weighted by Crippen LogP contribution is 2.38. The molecule has 0 aliphatic heterocycles. The van der Waals surface area contributed by atoms with Gasteiger partial charge < -0.3 is 19.3 Å². The monoisotopic (exact) mass is 866 g/mol. The first-order chi connectivity index (χ1) is 27.2. The molecule has 6 aromatic rings. The van der Waals surface area contributed by atoms with Crippen molar-refractivity contribution in [2.24, 2.45) is 0 Å². The molecule has 0 aliphatic carbocycles. The van der Waals surface area contributed by atoms with Gasteiger partial charge in [0.25, 0.3) is 5.24 Å². The van der Waals surface area contributed by atoms with Crippen molar-refractivity contribution < 1.29 is 33.7 Å². The summed E-state index contributed by atoms with van der Waals surface area (Å²) in [6.07, 6.45) is 0. The molecule has 14 heteroatoms. The average molecular weight is 869 g/mol. The summed E-state index contributed by atoms with van der Waals surface area (Å²) in [7, 11) is 0. The molecular weight excluding hydrogens is 834 g/mol. The largest absolute Gasteiger partial charge is 0.477 e. The molecule has 0 aliphatic rings. The van der Waals surface area contributed by atoms with Gasteiger partial charge in [-0.1, -0.05) is 125 Å². The van der Waals surface area contributed by atoms with Gasteiger partial charge in [-0.15, -0.1) is 0 Å². The van der Waals surface area contributed by atoms with Crippen molar-refractivity contribution in [2.75, 3.05) is 0 Å². The third-order valence-electron chi connectivity index (χ3n) is 7.74. The van der Waals surface area contributed by atoms with Crippen molar-refractivity contribution in [1.29, 1.82) is 0 Å². The summed E-state index contributed by atoms with van der Waals surface area (Å²) in [5, 5.41) is 8.74. The van der Waals surface area contributed by atoms with Crippen LogP contribution in [0.1, 0.15) is 64.7 Å². The number of ether oxygens (including phenoxy) is 3. The van der Waals surface area contributed by atoms with Crippen LogP contribution in [-0.2, 0) is 13.2 Å². The molecule has 4 aromatic carbocycles. The molecule has 2 aromatic heterocycles. The second kappa shape index (κ2) is 21.4. The Morgan fingerprint density at radius 1 is 0.579 bits per heavy atom. The zero-order chi connectivity index (χ0) is 41.6. The second-order valence-corrected chi connectivity index (χ2v) is 14.1. The molecule has 294 valence electrons. The van der Waals surface area contributed by atoms with Gasteiger partial charge in [-0.05, 0) is 91.9 Å². The molecule has 0 amide bonds. The highest BCUT2D eigenvalue weighted by Gasteiger charge is 2.21. The number of aromatic carboxylic acids is 1. The quantitative estimate of drug-likeness (QED) is 0.0471. The molecule has 0 spiro atoms. The zero-order valence-electron chi connectivity index (χ0n) is 31.0. The van der Waals surface area contributed by atoms with Crippen molar-refractivity contribution in [3.8, 4) is 17.5 Å². The van der Waals surface area contributed by atoms with E-state index in [4.69, 9.17) is 72.2 Å². The molecule has 0 atom stereocenters. The van der Waals surface area contributed by atoms with E-state index in [1.54, 1.807) is 25.1 Å². The number of halogens is 5. The van der Waals surface area contributed by atoms with Gasteiger partial charge in [0.15, 0.2) is 0 Å². The number of carboxylic acids is 1. The Kier molecular flexibility index (Phi) is 16.7. The molecule has 57 heavy (non-hydrogen) atoms. The summed E-state index contributed by atoms with van der Waals surface area (Å²) in [5.41, 5.74) is 5.39. The van der Waals surface area contributed by atoms with Gasteiger partial charge in [0.05, 0.1) is 25.7 Å². The second-order valence-electron chi connectivity index (χ2n) is 12.2. The highest BCUT2D eigenvalue weighted by molar-refractivity contribution is 6.70. The molecule has 0 bridgehead atoms. The minimum Gasteiger partial charge on any atom is -0.477 e. The number of hydrogen-bond acceptors (Lipinski definition) is 8. The lowest BCUT2D eigenvalue weighted by Gasteiger charge is -2.13. The van der Waals surface area contributed by atoms with Gasteiger partial charge in [-0.25, -0.2) is 19.6 Å². The van der Waals surface area contributed by atoms with Crippen LogP contribution >= 0.6 is 58.0 Å². The van der Waals surface area contributed by atoms with Gasteiger partial charge in [-0.2, -0.15) is 0 Å². The lowest BCUT2D eigenvalue weighted by molar-refractivity contribution is 0.0686. The minimum absolute atomic E-state index is 0.0283. The van der Waals surface area contributed by atoms with Crippen molar-refractivity contribution >= 4 is 75.2 Å². The SMILES string of the molecule is Cc1cc(C)c(C(=O)O)c(OCc2ccccc2)n1.Cc1cc(C)c(C(=O)Oc2ccccc2)c(OCc2ccccc2)n1.O=C(Cl)c1c(Cl)cc(Cl)c(Cl)c1Cl. The Bertz CT molecular complexity index is 2350. The number of pyridine rings is 2. The maximum absolute atomic E-state index is 12.6. The van der Waals surface area contributed by atoms with E-state index in [-0.39, 0.29) is 37.1 Å². The van der Waals surface area contributed by atoms with Crippen LogP contribution in [0.15, 0.2) is 109 Å². The summed E-state index contributed by atoms with van der Waals surface area (Å²) in [6.45, 7) is 7.92. The van der Waals surface area contributed by atoms with Gasteiger partial charge >= 0.3 is 11.9 Å². The van der Waals surface area contributed by atoms with E-state index in [0.717, 1.165) is 28.1 Å². The number of nitrogens with zero attached hydrogens (tertiary/aromatic N) is 2. The fourth-order valence-corrected chi connectivity index (χ4v) is 6.54. The Morgan fingerprint density at radius 3 is 1.47 bits per heavy atom. The van der Waals surface area contributed by atoms with Crippen molar-refractivity contribution in [3.63, 3.8) is 0 Å². The van der Waals surface area contributed by atoms with Gasteiger partial charge in [0.1, 0.15) is 30.1 Å². The molecule has 0 saturated heterocycles. The van der Waals surface area contributed by atoms with E-state index < -0.39 is 17.2 Å². The number of carbonyl (C=O) groups excluding carboxylic acids is 2. The van der Waals surface area contributed by atoms with Crippen LogP contribution in [0, 0.1) is 27.7 Å². The standard InChI is InChI=1S/C21H19NO3.C15H15NO3.C7HCl5O/c1-15-13-16(2)22-20(24-14-17-9-5-3-6-10-17)19(15)21(23)25-18-11-7-4-8-12-18;1-10-8-11(2)16-14(13(10)15(17)18)19-9-12-6-4-3-5-7-12;8-2-1-3(9)5(10)6(11)4(2)7(12)13/h3-13H,14H2,1-2H3;3-8H,9H2,1-2H3,(H,17,18);1H. The normalized spacial score (nSPS) is 10.3. The maximum atomic E-state index is 12.6. The number of esters is 1. The predicted octanol–water partition coefficient (Wildman–Crippen LogP) is 12.2. The van der Waals surface area contributed by atoms with Gasteiger partial charge in [0.2, 0.25) is 11.8 Å². The maximum Gasteiger partial charge on any atom is 0.349 e. The average Bonchev–Trinajstić information content (AvgIpc) is 3.16. The third kappa shape index (κ3) is 12.9. The Labute approximate surface area is 355 Å². The summed E-state index contributed by atoms with van der Waals surface area (Å²) in [5.74, 6) is -0.537. The first-order valence-electron chi connectivity index (χ1n) is 17.0. The zero-order valence-corrected chi connectivity index (χ0v) is 34.8. The van der Waals surface area contributed by atoms with Crippen molar-refractivity contribution in [2.45, 2.75) is 40.9 Å². The number of carboxylic acid groups (broad SMARTS) is 1. The molecular formula is C43H35Cl5N2O7. The lowest BCUT2D eigenvalue weighted by atomic mass is 10.1. The van der Waals surface area contributed by atoms with Crippen LogP contribution in [-0.4, -0.2) is 32.3 Å². The fraction of sp³-hybridized carbons (Fsp3) is 0.140. The minimum atomic E-state index is -1.02. The number of benzene rings is 4. The Morgan fingerprint density at radius 2 is 1.02 bits per heavy atom. The van der Waals surface area contributed by atoms with Crippen LogP contribution in [0.4, 0.5) is 0 Å². The molecule has 0 radical (unpaired) electrons. The van der Waals surface area contributed by atoms with Crippen LogP contribution in [0.2, 0.25) is 20.1 Å². The van der Waals surface area contributed by atoms with Crippen LogP contribution in [0.25, 0.3) is 0 Å². The number of aromatic nitrogens is 2.